The third-order valence-corrected chi connectivity index (χ3v) is 4.43. The van der Waals surface area contributed by atoms with Crippen molar-refractivity contribution in [2.75, 3.05) is 26.2 Å². The highest BCUT2D eigenvalue weighted by Crippen LogP contribution is 2.22. The molecule has 1 aromatic heterocycles. The van der Waals surface area contributed by atoms with E-state index in [-0.39, 0.29) is 6.61 Å². The number of aryl methyl sites for hydroxylation is 1. The minimum absolute atomic E-state index is 0.220. The van der Waals surface area contributed by atoms with Gasteiger partial charge in [0, 0.05) is 49.8 Å². The Morgan fingerprint density at radius 2 is 2.24 bits per heavy atom. The number of rotatable bonds is 6. The van der Waals surface area contributed by atoms with Crippen LogP contribution in [0.3, 0.4) is 0 Å². The Balaban J connectivity index is 1.77. The van der Waals surface area contributed by atoms with Gasteiger partial charge in [-0.2, -0.15) is 0 Å². The first-order valence-corrected chi connectivity index (χ1v) is 7.87. The Labute approximate surface area is 126 Å². The molecule has 0 bridgehead atoms. The van der Waals surface area contributed by atoms with Crippen LogP contribution >= 0.6 is 0 Å². The standard InChI is InChI=1S/C17H25N3O/c1-19-11-14(16-6-2-3-7-17(16)19)12-20(9-10-21)13-15-5-4-8-18-15/h2-3,6-7,11,15,18,21H,4-5,8-10,12-13H2,1H3. The second-order valence-electron chi connectivity index (χ2n) is 6.03. The van der Waals surface area contributed by atoms with Crippen molar-refractivity contribution in [2.45, 2.75) is 25.4 Å². The Morgan fingerprint density at radius 3 is 3.00 bits per heavy atom. The average Bonchev–Trinajstić information content (AvgIpc) is 3.09. The number of aromatic nitrogens is 1. The number of aliphatic hydroxyl groups is 1. The lowest BCUT2D eigenvalue weighted by Crippen LogP contribution is -2.38. The summed E-state index contributed by atoms with van der Waals surface area (Å²) in [4.78, 5) is 2.37. The molecule has 1 unspecified atom stereocenters. The molecule has 1 aliphatic heterocycles. The number of nitrogens with one attached hydrogen (secondary N) is 1. The fraction of sp³-hybridized carbons (Fsp3) is 0.529. The Kier molecular flexibility index (Phi) is 4.58. The molecule has 3 rings (SSSR count). The highest BCUT2D eigenvalue weighted by Gasteiger charge is 2.18. The summed E-state index contributed by atoms with van der Waals surface area (Å²) in [7, 11) is 2.10. The summed E-state index contributed by atoms with van der Waals surface area (Å²) >= 11 is 0. The first-order valence-electron chi connectivity index (χ1n) is 7.87. The molecule has 2 N–H and O–H groups in total. The SMILES string of the molecule is Cn1cc(CN(CCO)CC2CCCN2)c2ccccc21. The molecule has 0 amide bonds. The van der Waals surface area contributed by atoms with Crippen LogP contribution in [0.25, 0.3) is 10.9 Å². The van der Waals surface area contributed by atoms with Crippen molar-refractivity contribution in [2.24, 2.45) is 7.05 Å². The molecule has 0 radical (unpaired) electrons. The van der Waals surface area contributed by atoms with Crippen LogP contribution in [0.5, 0.6) is 0 Å². The minimum atomic E-state index is 0.220. The van der Waals surface area contributed by atoms with Crippen LogP contribution in [-0.4, -0.2) is 46.9 Å². The zero-order chi connectivity index (χ0) is 14.7. The molecule has 114 valence electrons. The second kappa shape index (κ2) is 6.60. The van der Waals surface area contributed by atoms with E-state index in [1.54, 1.807) is 0 Å². The van der Waals surface area contributed by atoms with Gasteiger partial charge in [-0.15, -0.1) is 0 Å². The van der Waals surface area contributed by atoms with Crippen molar-refractivity contribution in [3.63, 3.8) is 0 Å². The molecule has 1 saturated heterocycles. The first-order chi connectivity index (χ1) is 10.3. The lowest BCUT2D eigenvalue weighted by atomic mass is 10.1. The van der Waals surface area contributed by atoms with Gasteiger partial charge in [0.15, 0.2) is 0 Å². The summed E-state index contributed by atoms with van der Waals surface area (Å²) in [6.45, 7) is 4.01. The van der Waals surface area contributed by atoms with E-state index < -0.39 is 0 Å². The largest absolute Gasteiger partial charge is 0.395 e. The third kappa shape index (κ3) is 3.28. The molecule has 2 heterocycles. The first kappa shape index (κ1) is 14.6. The van der Waals surface area contributed by atoms with E-state index in [9.17, 15) is 5.11 Å². The quantitative estimate of drug-likeness (QED) is 0.850. The second-order valence-corrected chi connectivity index (χ2v) is 6.03. The molecular formula is C17H25N3O. The van der Waals surface area contributed by atoms with E-state index in [0.717, 1.165) is 26.2 Å². The van der Waals surface area contributed by atoms with Crippen LogP contribution in [0.4, 0.5) is 0 Å². The van der Waals surface area contributed by atoms with Gasteiger partial charge in [0.05, 0.1) is 6.61 Å². The van der Waals surface area contributed by atoms with Crippen molar-refractivity contribution in [3.05, 3.63) is 36.0 Å². The van der Waals surface area contributed by atoms with Gasteiger partial charge in [0.2, 0.25) is 0 Å². The molecule has 21 heavy (non-hydrogen) atoms. The van der Waals surface area contributed by atoms with E-state index >= 15 is 0 Å². The van der Waals surface area contributed by atoms with Crippen LogP contribution in [0.15, 0.2) is 30.5 Å². The predicted octanol–water partition coefficient (Wildman–Crippen LogP) is 1.72. The lowest BCUT2D eigenvalue weighted by molar-refractivity contribution is 0.179. The summed E-state index contributed by atoms with van der Waals surface area (Å²) < 4.78 is 2.19. The zero-order valence-corrected chi connectivity index (χ0v) is 12.8. The number of fused-ring (bicyclic) bond motifs is 1. The topological polar surface area (TPSA) is 40.4 Å². The van der Waals surface area contributed by atoms with Crippen molar-refractivity contribution in [3.8, 4) is 0 Å². The van der Waals surface area contributed by atoms with Crippen molar-refractivity contribution >= 4 is 10.9 Å². The highest BCUT2D eigenvalue weighted by molar-refractivity contribution is 5.83. The maximum atomic E-state index is 9.34. The summed E-state index contributed by atoms with van der Waals surface area (Å²) in [6.07, 6.45) is 4.74. The normalized spacial score (nSPS) is 18.9. The van der Waals surface area contributed by atoms with E-state index in [4.69, 9.17) is 0 Å². The summed E-state index contributed by atoms with van der Waals surface area (Å²) in [6, 6.07) is 9.11. The van der Waals surface area contributed by atoms with Crippen LogP contribution < -0.4 is 5.32 Å². The van der Waals surface area contributed by atoms with Crippen LogP contribution in [0, 0.1) is 0 Å². The van der Waals surface area contributed by atoms with Gasteiger partial charge in [-0.1, -0.05) is 18.2 Å². The molecule has 1 atom stereocenters. The van der Waals surface area contributed by atoms with Crippen LogP contribution in [-0.2, 0) is 13.6 Å². The fourth-order valence-corrected chi connectivity index (χ4v) is 3.39. The number of hydrogen-bond acceptors (Lipinski definition) is 3. The Morgan fingerprint density at radius 1 is 1.38 bits per heavy atom. The molecule has 0 saturated carbocycles. The van der Waals surface area contributed by atoms with E-state index in [1.165, 1.54) is 29.3 Å². The number of nitrogens with zero attached hydrogens (tertiary/aromatic N) is 2. The lowest BCUT2D eigenvalue weighted by Gasteiger charge is -2.24. The number of hydrogen-bond donors (Lipinski definition) is 2. The number of aliphatic hydroxyl groups excluding tert-OH is 1. The van der Waals surface area contributed by atoms with Gasteiger partial charge in [-0.25, -0.2) is 0 Å². The van der Waals surface area contributed by atoms with Crippen molar-refractivity contribution < 1.29 is 5.11 Å². The third-order valence-electron chi connectivity index (χ3n) is 4.43. The van der Waals surface area contributed by atoms with E-state index in [1.807, 2.05) is 0 Å². The average molecular weight is 287 g/mol. The van der Waals surface area contributed by atoms with Crippen molar-refractivity contribution in [1.29, 1.82) is 0 Å². The summed E-state index contributed by atoms with van der Waals surface area (Å²) in [5.41, 5.74) is 2.62. The van der Waals surface area contributed by atoms with Gasteiger partial charge in [0.1, 0.15) is 0 Å². The monoisotopic (exact) mass is 287 g/mol. The van der Waals surface area contributed by atoms with Crippen LogP contribution in [0.1, 0.15) is 18.4 Å². The molecule has 0 aliphatic carbocycles. The molecular weight excluding hydrogens is 262 g/mol. The van der Waals surface area contributed by atoms with Gasteiger partial charge < -0.3 is 15.0 Å². The smallest absolute Gasteiger partial charge is 0.0558 e. The zero-order valence-electron chi connectivity index (χ0n) is 12.8. The fourth-order valence-electron chi connectivity index (χ4n) is 3.39. The minimum Gasteiger partial charge on any atom is -0.395 e. The molecule has 2 aromatic rings. The summed E-state index contributed by atoms with van der Waals surface area (Å²) in [5, 5.41) is 14.2. The Bertz CT molecular complexity index is 587. The van der Waals surface area contributed by atoms with Gasteiger partial charge in [0.25, 0.3) is 0 Å². The molecule has 4 heteroatoms. The molecule has 1 aromatic carbocycles. The van der Waals surface area contributed by atoms with Gasteiger partial charge >= 0.3 is 0 Å². The van der Waals surface area contributed by atoms with E-state index in [0.29, 0.717) is 6.04 Å². The van der Waals surface area contributed by atoms with Gasteiger partial charge in [-0.3, -0.25) is 4.90 Å². The molecule has 1 fully saturated rings. The molecule has 4 nitrogen and oxygen atoms in total. The number of para-hydroxylation sites is 1. The number of benzene rings is 1. The van der Waals surface area contributed by atoms with E-state index in [2.05, 4.69) is 52.3 Å². The van der Waals surface area contributed by atoms with Gasteiger partial charge in [-0.05, 0) is 31.0 Å². The Hall–Kier alpha value is -1.36. The maximum absolute atomic E-state index is 9.34. The summed E-state index contributed by atoms with van der Waals surface area (Å²) in [5.74, 6) is 0. The molecule has 1 aliphatic rings. The highest BCUT2D eigenvalue weighted by atomic mass is 16.3. The maximum Gasteiger partial charge on any atom is 0.0558 e. The van der Waals surface area contributed by atoms with Crippen molar-refractivity contribution in [1.82, 2.24) is 14.8 Å². The molecule has 0 spiro atoms. The van der Waals surface area contributed by atoms with Crippen LogP contribution in [0.2, 0.25) is 0 Å². The predicted molar refractivity (Wildman–Crippen MR) is 86.3 cm³/mol.